The van der Waals surface area contributed by atoms with Crippen LogP contribution in [0, 0.1) is 11.8 Å². The summed E-state index contributed by atoms with van der Waals surface area (Å²) >= 11 is 0. The van der Waals surface area contributed by atoms with Crippen molar-refractivity contribution in [3.05, 3.63) is 54.1 Å². The molecule has 1 amide bonds. The first kappa shape index (κ1) is 21.3. The van der Waals surface area contributed by atoms with Crippen LogP contribution in [0.2, 0.25) is 0 Å². The van der Waals surface area contributed by atoms with Gasteiger partial charge in [-0.05, 0) is 60.2 Å². The molecule has 29 heavy (non-hydrogen) atoms. The molecule has 156 valence electrons. The zero-order valence-electron chi connectivity index (χ0n) is 17.1. The first-order chi connectivity index (χ1) is 13.8. The zero-order chi connectivity index (χ0) is 21.0. The lowest BCUT2D eigenvalue weighted by molar-refractivity contribution is -0.115. The van der Waals surface area contributed by atoms with Crippen molar-refractivity contribution in [2.24, 2.45) is 11.8 Å². The van der Waals surface area contributed by atoms with Gasteiger partial charge < -0.3 is 10.1 Å². The number of nitrogens with one attached hydrogen (secondary N) is 1. The van der Waals surface area contributed by atoms with Gasteiger partial charge in [0.2, 0.25) is 15.9 Å². The minimum atomic E-state index is -3.52. The third-order valence-electron chi connectivity index (χ3n) is 5.13. The molecule has 0 saturated carbocycles. The molecule has 0 aliphatic carbocycles. The Bertz CT molecular complexity index is 930. The Morgan fingerprint density at radius 3 is 2.17 bits per heavy atom. The SMILES string of the molecule is COc1ccc(CC(=O)Nc2ccc(S(=O)(=O)N3C[C@@H](C)C[C@H](C)C3)cc2)cc1. The topological polar surface area (TPSA) is 75.7 Å². The normalized spacial score (nSPS) is 20.2. The van der Waals surface area contributed by atoms with Crippen molar-refractivity contribution in [2.45, 2.75) is 31.6 Å². The summed E-state index contributed by atoms with van der Waals surface area (Å²) < 4.78 is 32.6. The van der Waals surface area contributed by atoms with Crippen LogP contribution in [0.15, 0.2) is 53.4 Å². The lowest BCUT2D eigenvalue weighted by Gasteiger charge is -2.34. The molecule has 2 aromatic carbocycles. The van der Waals surface area contributed by atoms with Gasteiger partial charge in [0.15, 0.2) is 0 Å². The number of ether oxygens (including phenoxy) is 1. The van der Waals surface area contributed by atoms with Crippen molar-refractivity contribution in [2.75, 3.05) is 25.5 Å². The molecule has 0 unspecified atom stereocenters. The highest BCUT2D eigenvalue weighted by Crippen LogP contribution is 2.27. The molecule has 2 aromatic rings. The van der Waals surface area contributed by atoms with E-state index >= 15 is 0 Å². The Morgan fingerprint density at radius 1 is 1.03 bits per heavy atom. The highest BCUT2D eigenvalue weighted by Gasteiger charge is 2.31. The molecule has 0 bridgehead atoms. The summed E-state index contributed by atoms with van der Waals surface area (Å²) in [7, 11) is -1.92. The highest BCUT2D eigenvalue weighted by molar-refractivity contribution is 7.89. The predicted octanol–water partition coefficient (Wildman–Crippen LogP) is 3.54. The molecule has 6 nitrogen and oxygen atoms in total. The molecule has 1 N–H and O–H groups in total. The lowest BCUT2D eigenvalue weighted by atomic mass is 9.94. The number of hydrogen-bond donors (Lipinski definition) is 1. The van der Waals surface area contributed by atoms with Gasteiger partial charge in [0.05, 0.1) is 18.4 Å². The van der Waals surface area contributed by atoms with Crippen LogP contribution in [0.4, 0.5) is 5.69 Å². The largest absolute Gasteiger partial charge is 0.497 e. The van der Waals surface area contributed by atoms with E-state index in [-0.39, 0.29) is 17.2 Å². The minimum absolute atomic E-state index is 0.163. The van der Waals surface area contributed by atoms with Crippen molar-refractivity contribution in [3.8, 4) is 5.75 Å². The quantitative estimate of drug-likeness (QED) is 0.781. The molecular formula is C22H28N2O4S. The second-order valence-corrected chi connectivity index (χ2v) is 9.80. The summed E-state index contributed by atoms with van der Waals surface area (Å²) in [4.78, 5) is 12.5. The van der Waals surface area contributed by atoms with Gasteiger partial charge >= 0.3 is 0 Å². The fraction of sp³-hybridized carbons (Fsp3) is 0.409. The highest BCUT2D eigenvalue weighted by atomic mass is 32.2. The number of nitrogens with zero attached hydrogens (tertiary/aromatic N) is 1. The number of anilines is 1. The Balaban J connectivity index is 1.63. The fourth-order valence-electron chi connectivity index (χ4n) is 3.80. The molecule has 1 aliphatic heterocycles. The van der Waals surface area contributed by atoms with Gasteiger partial charge in [0.25, 0.3) is 0 Å². The van der Waals surface area contributed by atoms with Gasteiger partial charge in [0.1, 0.15) is 5.75 Å². The number of rotatable bonds is 6. The van der Waals surface area contributed by atoms with Gasteiger partial charge in [-0.2, -0.15) is 4.31 Å². The van der Waals surface area contributed by atoms with Crippen molar-refractivity contribution >= 4 is 21.6 Å². The van der Waals surface area contributed by atoms with Crippen molar-refractivity contribution < 1.29 is 17.9 Å². The minimum Gasteiger partial charge on any atom is -0.497 e. The molecule has 3 rings (SSSR count). The summed E-state index contributed by atoms with van der Waals surface area (Å²) in [6.07, 6.45) is 1.28. The summed E-state index contributed by atoms with van der Waals surface area (Å²) in [5.74, 6) is 1.28. The van der Waals surface area contributed by atoms with E-state index in [1.165, 1.54) is 0 Å². The molecule has 7 heteroatoms. The second kappa shape index (κ2) is 8.97. The standard InChI is InChI=1S/C22H28N2O4S/c1-16-12-17(2)15-24(14-16)29(26,27)21-10-6-19(7-11-21)23-22(25)13-18-4-8-20(28-3)9-5-18/h4-11,16-17H,12-15H2,1-3H3,(H,23,25)/t16-,17-/m0/s1. The first-order valence-electron chi connectivity index (χ1n) is 9.81. The van der Waals surface area contributed by atoms with Crippen molar-refractivity contribution in [1.29, 1.82) is 0 Å². The number of carbonyl (C=O) groups is 1. The van der Waals surface area contributed by atoms with Crippen molar-refractivity contribution in [3.63, 3.8) is 0 Å². The third-order valence-corrected chi connectivity index (χ3v) is 6.98. The van der Waals surface area contributed by atoms with Crippen LogP contribution in [-0.4, -0.2) is 38.8 Å². The smallest absolute Gasteiger partial charge is 0.243 e. The molecule has 1 fully saturated rings. The average Bonchev–Trinajstić information content (AvgIpc) is 2.68. The van der Waals surface area contributed by atoms with E-state index in [1.807, 2.05) is 24.3 Å². The predicted molar refractivity (Wildman–Crippen MR) is 113 cm³/mol. The summed E-state index contributed by atoms with van der Waals surface area (Å²) in [5.41, 5.74) is 1.44. The number of methoxy groups -OCH3 is 1. The van der Waals surface area contributed by atoms with Gasteiger partial charge in [0, 0.05) is 18.8 Å². The van der Waals surface area contributed by atoms with E-state index in [2.05, 4.69) is 19.2 Å². The van der Waals surface area contributed by atoms with E-state index in [0.29, 0.717) is 30.6 Å². The Kier molecular flexibility index (Phi) is 6.59. The summed E-state index contributed by atoms with van der Waals surface area (Å²) in [6.45, 7) is 5.26. The molecule has 2 atom stereocenters. The van der Waals surface area contributed by atoms with E-state index < -0.39 is 10.0 Å². The van der Waals surface area contributed by atoms with Crippen LogP contribution >= 0.6 is 0 Å². The number of benzene rings is 2. The molecule has 1 aliphatic rings. The third kappa shape index (κ3) is 5.36. The van der Waals surface area contributed by atoms with Gasteiger partial charge in [-0.25, -0.2) is 8.42 Å². The number of amides is 1. The number of carbonyl (C=O) groups excluding carboxylic acids is 1. The van der Waals surface area contributed by atoms with Crippen LogP contribution in [-0.2, 0) is 21.2 Å². The van der Waals surface area contributed by atoms with Gasteiger partial charge in [-0.3, -0.25) is 4.79 Å². The fourth-order valence-corrected chi connectivity index (χ4v) is 5.47. The van der Waals surface area contributed by atoms with E-state index in [9.17, 15) is 13.2 Å². The summed E-state index contributed by atoms with van der Waals surface area (Å²) in [6, 6.07) is 13.7. The second-order valence-electron chi connectivity index (χ2n) is 7.87. The van der Waals surface area contributed by atoms with E-state index in [4.69, 9.17) is 4.74 Å². The Morgan fingerprint density at radius 2 is 1.62 bits per heavy atom. The maximum atomic E-state index is 12.9. The van der Waals surface area contributed by atoms with Gasteiger partial charge in [-0.15, -0.1) is 0 Å². The Labute approximate surface area is 172 Å². The zero-order valence-corrected chi connectivity index (χ0v) is 17.9. The van der Waals surface area contributed by atoms with Crippen LogP contribution < -0.4 is 10.1 Å². The number of hydrogen-bond acceptors (Lipinski definition) is 4. The molecule has 0 spiro atoms. The maximum absolute atomic E-state index is 12.9. The molecule has 1 saturated heterocycles. The van der Waals surface area contributed by atoms with E-state index in [0.717, 1.165) is 17.7 Å². The monoisotopic (exact) mass is 416 g/mol. The van der Waals surface area contributed by atoms with Crippen LogP contribution in [0.5, 0.6) is 5.75 Å². The van der Waals surface area contributed by atoms with Crippen molar-refractivity contribution in [1.82, 2.24) is 4.31 Å². The molecule has 0 radical (unpaired) electrons. The van der Waals surface area contributed by atoms with Gasteiger partial charge in [-0.1, -0.05) is 26.0 Å². The van der Waals surface area contributed by atoms with Crippen LogP contribution in [0.3, 0.4) is 0 Å². The maximum Gasteiger partial charge on any atom is 0.243 e. The van der Waals surface area contributed by atoms with Crippen LogP contribution in [0.1, 0.15) is 25.8 Å². The lowest BCUT2D eigenvalue weighted by Crippen LogP contribution is -2.42. The van der Waals surface area contributed by atoms with E-state index in [1.54, 1.807) is 35.7 Å². The molecule has 0 aromatic heterocycles. The van der Waals surface area contributed by atoms with Crippen LogP contribution in [0.25, 0.3) is 0 Å². The molecular weight excluding hydrogens is 388 g/mol. The summed E-state index contributed by atoms with van der Waals surface area (Å²) in [5, 5.41) is 2.81. The number of sulfonamides is 1. The first-order valence-corrected chi connectivity index (χ1v) is 11.2. The Hall–Kier alpha value is -2.38. The number of piperidine rings is 1. The molecule has 1 heterocycles. The average molecular weight is 417 g/mol.